The quantitative estimate of drug-likeness (QED) is 0.854. The van der Waals surface area contributed by atoms with Gasteiger partial charge in [-0.2, -0.15) is 0 Å². The first-order valence-corrected chi connectivity index (χ1v) is 6.39. The first-order valence-electron chi connectivity index (χ1n) is 6.39. The molecule has 0 saturated heterocycles. The number of amides is 1. The molecule has 0 bridgehead atoms. The molecule has 4 heteroatoms. The van der Waals surface area contributed by atoms with E-state index in [1.54, 1.807) is 6.92 Å². The molecule has 0 radical (unpaired) electrons. The number of nitrogens with one attached hydrogen (secondary N) is 1. The first kappa shape index (κ1) is 15.7. The van der Waals surface area contributed by atoms with E-state index in [9.17, 15) is 9.90 Å². The van der Waals surface area contributed by atoms with Crippen LogP contribution in [-0.4, -0.2) is 29.8 Å². The van der Waals surface area contributed by atoms with Gasteiger partial charge in [0.2, 0.25) is 5.91 Å². The third kappa shape index (κ3) is 5.85. The lowest BCUT2D eigenvalue weighted by molar-refractivity contribution is -0.131. The van der Waals surface area contributed by atoms with Gasteiger partial charge in [0.05, 0.1) is 12.1 Å². The summed E-state index contributed by atoms with van der Waals surface area (Å²) in [6.07, 6.45) is 0. The Kier molecular flexibility index (Phi) is 5.09. The summed E-state index contributed by atoms with van der Waals surface area (Å²) in [6.45, 7) is 7.49. The van der Waals surface area contributed by atoms with Crippen molar-refractivity contribution in [1.82, 2.24) is 5.32 Å². The minimum absolute atomic E-state index is 0.00559. The fourth-order valence-corrected chi connectivity index (χ4v) is 1.50. The topological polar surface area (TPSA) is 58.6 Å². The molecule has 1 amide bonds. The van der Waals surface area contributed by atoms with Gasteiger partial charge in [-0.1, -0.05) is 30.3 Å². The van der Waals surface area contributed by atoms with Crippen LogP contribution in [0.2, 0.25) is 0 Å². The molecule has 1 rings (SSSR count). The summed E-state index contributed by atoms with van der Waals surface area (Å²) in [5, 5.41) is 13.0. The molecule has 0 aliphatic rings. The summed E-state index contributed by atoms with van der Waals surface area (Å²) in [5.41, 5.74) is -0.662. The number of rotatable bonds is 5. The molecule has 0 aliphatic heterocycles. The van der Waals surface area contributed by atoms with E-state index in [0.717, 1.165) is 5.56 Å². The standard InChI is InChI=1S/C15H23NO3/c1-14(2,3)19-10-13(17)16-11-15(4,18)12-8-6-5-7-9-12/h5-9,18H,10-11H2,1-4H3,(H,16,17). The maximum Gasteiger partial charge on any atom is 0.246 e. The Labute approximate surface area is 114 Å². The summed E-state index contributed by atoms with van der Waals surface area (Å²) in [4.78, 5) is 11.6. The van der Waals surface area contributed by atoms with Crippen molar-refractivity contribution in [3.63, 3.8) is 0 Å². The van der Waals surface area contributed by atoms with Crippen LogP contribution in [0.1, 0.15) is 33.3 Å². The largest absolute Gasteiger partial charge is 0.384 e. The predicted octanol–water partition coefficient (Wildman–Crippen LogP) is 1.83. The Morgan fingerprint density at radius 1 is 1.21 bits per heavy atom. The molecular formula is C15H23NO3. The summed E-state index contributed by atoms with van der Waals surface area (Å²) in [5.74, 6) is -0.230. The van der Waals surface area contributed by atoms with Crippen LogP contribution in [0, 0.1) is 0 Å². The second-order valence-electron chi connectivity index (χ2n) is 5.82. The van der Waals surface area contributed by atoms with E-state index in [-0.39, 0.29) is 24.7 Å². The smallest absolute Gasteiger partial charge is 0.246 e. The second-order valence-corrected chi connectivity index (χ2v) is 5.82. The Morgan fingerprint density at radius 2 is 1.79 bits per heavy atom. The van der Waals surface area contributed by atoms with Crippen molar-refractivity contribution in [2.45, 2.75) is 38.9 Å². The molecule has 0 saturated carbocycles. The average molecular weight is 265 g/mol. The van der Waals surface area contributed by atoms with Gasteiger partial charge >= 0.3 is 0 Å². The molecule has 0 heterocycles. The molecule has 1 aromatic carbocycles. The highest BCUT2D eigenvalue weighted by molar-refractivity contribution is 5.77. The zero-order chi connectivity index (χ0) is 14.5. The molecule has 106 valence electrons. The van der Waals surface area contributed by atoms with Gasteiger partial charge in [0.25, 0.3) is 0 Å². The van der Waals surface area contributed by atoms with Crippen LogP contribution < -0.4 is 5.32 Å². The van der Waals surface area contributed by atoms with E-state index >= 15 is 0 Å². The van der Waals surface area contributed by atoms with Crippen LogP contribution in [0.25, 0.3) is 0 Å². The van der Waals surface area contributed by atoms with Crippen molar-refractivity contribution >= 4 is 5.91 Å². The SMILES string of the molecule is CC(C)(C)OCC(=O)NCC(C)(O)c1ccccc1. The van der Waals surface area contributed by atoms with Crippen molar-refractivity contribution in [3.8, 4) is 0 Å². The van der Waals surface area contributed by atoms with Gasteiger partial charge in [0, 0.05) is 0 Å². The van der Waals surface area contributed by atoms with Crippen molar-refractivity contribution in [2.75, 3.05) is 13.2 Å². The van der Waals surface area contributed by atoms with E-state index in [1.807, 2.05) is 51.1 Å². The number of carbonyl (C=O) groups excluding carboxylic acids is 1. The zero-order valence-electron chi connectivity index (χ0n) is 12.1. The average Bonchev–Trinajstić information content (AvgIpc) is 2.34. The normalized spacial score (nSPS) is 14.8. The summed E-state index contributed by atoms with van der Waals surface area (Å²) in [7, 11) is 0. The highest BCUT2D eigenvalue weighted by Gasteiger charge is 2.23. The van der Waals surface area contributed by atoms with Crippen molar-refractivity contribution in [3.05, 3.63) is 35.9 Å². The molecule has 0 aromatic heterocycles. The first-order chi connectivity index (χ1) is 8.71. The highest BCUT2D eigenvalue weighted by Crippen LogP contribution is 2.18. The van der Waals surface area contributed by atoms with E-state index in [1.165, 1.54) is 0 Å². The number of ether oxygens (including phenoxy) is 1. The maximum atomic E-state index is 11.6. The van der Waals surface area contributed by atoms with Crippen LogP contribution in [0.5, 0.6) is 0 Å². The molecular weight excluding hydrogens is 242 g/mol. The Morgan fingerprint density at radius 3 is 2.32 bits per heavy atom. The van der Waals surface area contributed by atoms with Crippen molar-refractivity contribution < 1.29 is 14.6 Å². The van der Waals surface area contributed by atoms with E-state index < -0.39 is 5.60 Å². The predicted molar refractivity (Wildman–Crippen MR) is 74.7 cm³/mol. The summed E-state index contributed by atoms with van der Waals surface area (Å²) in [6, 6.07) is 9.26. The van der Waals surface area contributed by atoms with E-state index in [0.29, 0.717) is 0 Å². The van der Waals surface area contributed by atoms with Crippen LogP contribution in [-0.2, 0) is 15.1 Å². The molecule has 0 spiro atoms. The van der Waals surface area contributed by atoms with Crippen LogP contribution in [0.4, 0.5) is 0 Å². The summed E-state index contributed by atoms with van der Waals surface area (Å²) < 4.78 is 5.37. The second kappa shape index (κ2) is 6.17. The highest BCUT2D eigenvalue weighted by atomic mass is 16.5. The minimum atomic E-state index is -1.08. The van der Waals surface area contributed by atoms with Gasteiger partial charge in [0.1, 0.15) is 12.2 Å². The number of aliphatic hydroxyl groups is 1. The Hall–Kier alpha value is -1.39. The Balaban J connectivity index is 2.45. The minimum Gasteiger partial charge on any atom is -0.384 e. The molecule has 1 unspecified atom stereocenters. The van der Waals surface area contributed by atoms with Crippen LogP contribution >= 0.6 is 0 Å². The fraction of sp³-hybridized carbons (Fsp3) is 0.533. The van der Waals surface area contributed by atoms with E-state index in [2.05, 4.69) is 5.32 Å². The number of hydrogen-bond acceptors (Lipinski definition) is 3. The lowest BCUT2D eigenvalue weighted by Crippen LogP contribution is -2.41. The number of hydrogen-bond donors (Lipinski definition) is 2. The lowest BCUT2D eigenvalue weighted by Gasteiger charge is -2.25. The van der Waals surface area contributed by atoms with Gasteiger partial charge in [0.15, 0.2) is 0 Å². The van der Waals surface area contributed by atoms with Gasteiger partial charge in [-0.05, 0) is 33.3 Å². The van der Waals surface area contributed by atoms with Gasteiger partial charge in [-0.25, -0.2) is 0 Å². The molecule has 1 atom stereocenters. The van der Waals surface area contributed by atoms with Crippen molar-refractivity contribution in [2.24, 2.45) is 0 Å². The third-order valence-corrected chi connectivity index (χ3v) is 2.66. The molecule has 4 nitrogen and oxygen atoms in total. The molecule has 0 fully saturated rings. The zero-order valence-corrected chi connectivity index (χ0v) is 12.1. The molecule has 2 N–H and O–H groups in total. The van der Waals surface area contributed by atoms with Gasteiger partial charge in [-0.3, -0.25) is 4.79 Å². The van der Waals surface area contributed by atoms with Crippen LogP contribution in [0.3, 0.4) is 0 Å². The molecule has 19 heavy (non-hydrogen) atoms. The maximum absolute atomic E-state index is 11.6. The molecule has 1 aromatic rings. The Bertz CT molecular complexity index is 407. The number of benzene rings is 1. The van der Waals surface area contributed by atoms with Crippen molar-refractivity contribution in [1.29, 1.82) is 0 Å². The van der Waals surface area contributed by atoms with Gasteiger partial charge in [-0.15, -0.1) is 0 Å². The third-order valence-electron chi connectivity index (χ3n) is 2.66. The lowest BCUT2D eigenvalue weighted by atomic mass is 9.96. The summed E-state index contributed by atoms with van der Waals surface area (Å²) >= 11 is 0. The number of carbonyl (C=O) groups is 1. The molecule has 0 aliphatic carbocycles. The van der Waals surface area contributed by atoms with Crippen LogP contribution in [0.15, 0.2) is 30.3 Å². The fourth-order valence-electron chi connectivity index (χ4n) is 1.50. The van der Waals surface area contributed by atoms with E-state index in [4.69, 9.17) is 4.74 Å². The van der Waals surface area contributed by atoms with Gasteiger partial charge < -0.3 is 15.2 Å². The monoisotopic (exact) mass is 265 g/mol.